The minimum absolute atomic E-state index is 0.742. The molecule has 62 valence electrons. The predicted octanol–water partition coefficient (Wildman–Crippen LogP) is 1.30. The SMILES string of the molecule is CCCCCON(N)CC. The summed E-state index contributed by atoms with van der Waals surface area (Å²) in [6.45, 7) is 5.62. The van der Waals surface area contributed by atoms with Crippen molar-refractivity contribution in [3.63, 3.8) is 0 Å². The lowest BCUT2D eigenvalue weighted by molar-refractivity contribution is -0.159. The molecule has 0 amide bonds. The number of nitrogens with two attached hydrogens (primary N) is 1. The van der Waals surface area contributed by atoms with Crippen molar-refractivity contribution in [2.24, 2.45) is 5.84 Å². The van der Waals surface area contributed by atoms with E-state index in [-0.39, 0.29) is 0 Å². The van der Waals surface area contributed by atoms with E-state index in [0.29, 0.717) is 0 Å². The van der Waals surface area contributed by atoms with Crippen molar-refractivity contribution in [2.75, 3.05) is 13.2 Å². The molecule has 0 aliphatic rings. The summed E-state index contributed by atoms with van der Waals surface area (Å²) in [7, 11) is 0. The third-order valence-corrected chi connectivity index (χ3v) is 1.32. The summed E-state index contributed by atoms with van der Waals surface area (Å²) in [6.07, 6.45) is 3.54. The molecule has 0 saturated carbocycles. The fourth-order valence-corrected chi connectivity index (χ4v) is 0.625. The lowest BCUT2D eigenvalue weighted by Gasteiger charge is -2.12. The quantitative estimate of drug-likeness (QED) is 0.349. The average Bonchev–Trinajstić information content (AvgIpc) is 1.98. The van der Waals surface area contributed by atoms with Crippen LogP contribution in [0.5, 0.6) is 0 Å². The molecular formula is C7H18N2O. The molecule has 2 N–H and O–H groups in total. The molecule has 0 aliphatic heterocycles. The Morgan fingerprint density at radius 1 is 1.30 bits per heavy atom. The van der Waals surface area contributed by atoms with Crippen LogP contribution in [0.3, 0.4) is 0 Å². The maximum Gasteiger partial charge on any atom is 0.0701 e. The van der Waals surface area contributed by atoms with E-state index in [2.05, 4.69) is 6.92 Å². The van der Waals surface area contributed by atoms with Crippen LogP contribution in [0.15, 0.2) is 0 Å². The van der Waals surface area contributed by atoms with Crippen LogP contribution in [-0.2, 0) is 4.84 Å². The molecule has 3 heteroatoms. The van der Waals surface area contributed by atoms with Crippen molar-refractivity contribution in [1.29, 1.82) is 0 Å². The van der Waals surface area contributed by atoms with E-state index in [9.17, 15) is 0 Å². The number of hydrazine groups is 1. The molecule has 0 spiro atoms. The molecule has 0 bridgehead atoms. The monoisotopic (exact) mass is 146 g/mol. The van der Waals surface area contributed by atoms with Crippen molar-refractivity contribution >= 4 is 0 Å². The molecule has 0 heterocycles. The van der Waals surface area contributed by atoms with Gasteiger partial charge in [-0.3, -0.25) is 4.84 Å². The maximum atomic E-state index is 5.37. The predicted molar refractivity (Wildman–Crippen MR) is 42.0 cm³/mol. The zero-order valence-corrected chi connectivity index (χ0v) is 6.97. The van der Waals surface area contributed by atoms with Crippen LogP contribution in [-0.4, -0.2) is 18.3 Å². The zero-order valence-electron chi connectivity index (χ0n) is 6.97. The standard InChI is InChI=1S/C7H18N2O/c1-3-5-6-7-10-9(8)4-2/h3-8H2,1-2H3. The van der Waals surface area contributed by atoms with Gasteiger partial charge < -0.3 is 0 Å². The summed E-state index contributed by atoms with van der Waals surface area (Å²) in [6, 6.07) is 0. The van der Waals surface area contributed by atoms with Gasteiger partial charge in [0.05, 0.1) is 6.61 Å². The number of rotatable bonds is 6. The van der Waals surface area contributed by atoms with Gasteiger partial charge in [-0.2, -0.15) is 0 Å². The highest BCUT2D eigenvalue weighted by Gasteiger charge is 1.92. The first-order chi connectivity index (χ1) is 4.81. The molecule has 0 rings (SSSR count). The molecule has 0 aromatic heterocycles. The molecule has 0 aromatic carbocycles. The molecule has 3 nitrogen and oxygen atoms in total. The van der Waals surface area contributed by atoms with Crippen LogP contribution in [0.2, 0.25) is 0 Å². The fourth-order valence-electron chi connectivity index (χ4n) is 0.625. The van der Waals surface area contributed by atoms with Crippen molar-refractivity contribution in [3.8, 4) is 0 Å². The molecular weight excluding hydrogens is 128 g/mol. The summed E-state index contributed by atoms with van der Waals surface area (Å²) in [4.78, 5) is 5.10. The maximum absolute atomic E-state index is 5.37. The first-order valence-corrected chi connectivity index (χ1v) is 3.96. The lowest BCUT2D eigenvalue weighted by atomic mass is 10.3. The van der Waals surface area contributed by atoms with Gasteiger partial charge >= 0.3 is 0 Å². The van der Waals surface area contributed by atoms with Crippen LogP contribution in [0.4, 0.5) is 0 Å². The summed E-state index contributed by atoms with van der Waals surface area (Å²) in [5.41, 5.74) is 0. The topological polar surface area (TPSA) is 38.5 Å². The zero-order chi connectivity index (χ0) is 7.82. The Kier molecular flexibility index (Phi) is 6.91. The summed E-state index contributed by atoms with van der Waals surface area (Å²) >= 11 is 0. The summed E-state index contributed by atoms with van der Waals surface area (Å²) in [5, 5.41) is 1.37. The Hall–Kier alpha value is -0.120. The van der Waals surface area contributed by atoms with Gasteiger partial charge in [-0.1, -0.05) is 19.8 Å². The van der Waals surface area contributed by atoms with E-state index >= 15 is 0 Å². The van der Waals surface area contributed by atoms with E-state index in [1.807, 2.05) is 6.92 Å². The molecule has 0 fully saturated rings. The van der Waals surface area contributed by atoms with Gasteiger partial charge in [0.25, 0.3) is 0 Å². The highest BCUT2D eigenvalue weighted by Crippen LogP contribution is 1.94. The van der Waals surface area contributed by atoms with Crippen molar-refractivity contribution in [2.45, 2.75) is 33.1 Å². The average molecular weight is 146 g/mol. The Labute approximate surface area is 63.1 Å². The van der Waals surface area contributed by atoms with Crippen LogP contribution in [0.25, 0.3) is 0 Å². The fraction of sp³-hybridized carbons (Fsp3) is 1.00. The van der Waals surface area contributed by atoms with E-state index in [1.54, 1.807) is 0 Å². The number of hydrogen-bond acceptors (Lipinski definition) is 3. The normalized spacial score (nSPS) is 10.8. The van der Waals surface area contributed by atoms with Gasteiger partial charge in [-0.05, 0) is 13.3 Å². The Balaban J connectivity index is 2.89. The summed E-state index contributed by atoms with van der Waals surface area (Å²) in [5.74, 6) is 5.37. The number of unbranched alkanes of at least 4 members (excludes halogenated alkanes) is 2. The van der Waals surface area contributed by atoms with E-state index in [0.717, 1.165) is 19.6 Å². The van der Waals surface area contributed by atoms with Crippen LogP contribution in [0, 0.1) is 0 Å². The van der Waals surface area contributed by atoms with Crippen LogP contribution < -0.4 is 5.84 Å². The molecule has 0 aliphatic carbocycles. The van der Waals surface area contributed by atoms with E-state index < -0.39 is 0 Å². The number of nitrogens with zero attached hydrogens (tertiary/aromatic N) is 1. The third kappa shape index (κ3) is 6.01. The molecule has 0 atom stereocenters. The lowest BCUT2D eigenvalue weighted by Crippen LogP contribution is -2.31. The molecule has 0 radical (unpaired) electrons. The minimum atomic E-state index is 0.742. The van der Waals surface area contributed by atoms with Gasteiger partial charge in [0.15, 0.2) is 0 Å². The Morgan fingerprint density at radius 2 is 2.00 bits per heavy atom. The van der Waals surface area contributed by atoms with Gasteiger partial charge in [-0.15, -0.1) is 5.17 Å². The first kappa shape index (κ1) is 9.88. The van der Waals surface area contributed by atoms with Gasteiger partial charge in [0, 0.05) is 6.54 Å². The smallest absolute Gasteiger partial charge is 0.0701 e. The Bertz CT molecular complexity index is 68.6. The number of hydroxylamine groups is 1. The molecule has 0 saturated heterocycles. The van der Waals surface area contributed by atoms with E-state index in [1.165, 1.54) is 18.0 Å². The van der Waals surface area contributed by atoms with Gasteiger partial charge in [-0.25, -0.2) is 5.84 Å². The molecule has 0 unspecified atom stereocenters. The number of hydrogen-bond donors (Lipinski definition) is 1. The van der Waals surface area contributed by atoms with E-state index in [4.69, 9.17) is 10.7 Å². The highest BCUT2D eigenvalue weighted by atomic mass is 16.7. The largest absolute Gasteiger partial charge is 0.284 e. The molecule has 10 heavy (non-hydrogen) atoms. The second-order valence-electron chi connectivity index (χ2n) is 2.27. The first-order valence-electron chi connectivity index (χ1n) is 3.96. The van der Waals surface area contributed by atoms with Gasteiger partial charge in [0.1, 0.15) is 0 Å². The molecule has 0 aromatic rings. The van der Waals surface area contributed by atoms with Crippen LogP contribution >= 0.6 is 0 Å². The minimum Gasteiger partial charge on any atom is -0.284 e. The highest BCUT2D eigenvalue weighted by molar-refractivity contribution is 4.34. The second kappa shape index (κ2) is 6.99. The third-order valence-electron chi connectivity index (χ3n) is 1.32. The van der Waals surface area contributed by atoms with Gasteiger partial charge in [0.2, 0.25) is 0 Å². The van der Waals surface area contributed by atoms with Crippen molar-refractivity contribution in [3.05, 3.63) is 0 Å². The Morgan fingerprint density at radius 3 is 2.50 bits per heavy atom. The van der Waals surface area contributed by atoms with Crippen molar-refractivity contribution in [1.82, 2.24) is 5.17 Å². The summed E-state index contributed by atoms with van der Waals surface area (Å²) < 4.78 is 0. The second-order valence-corrected chi connectivity index (χ2v) is 2.27. The van der Waals surface area contributed by atoms with Crippen LogP contribution in [0.1, 0.15) is 33.1 Å². The van der Waals surface area contributed by atoms with Crippen molar-refractivity contribution < 1.29 is 4.84 Å².